The summed E-state index contributed by atoms with van der Waals surface area (Å²) in [5, 5.41) is 0. The van der Waals surface area contributed by atoms with Gasteiger partial charge in [0.1, 0.15) is 0 Å². The van der Waals surface area contributed by atoms with Crippen LogP contribution in [0.2, 0.25) is 0 Å². The van der Waals surface area contributed by atoms with Gasteiger partial charge in [-0.25, -0.2) is 0 Å². The highest BCUT2D eigenvalue weighted by Crippen LogP contribution is 2.36. The van der Waals surface area contributed by atoms with Crippen molar-refractivity contribution in [2.45, 2.75) is 129 Å². The van der Waals surface area contributed by atoms with E-state index >= 15 is 0 Å². The molecule has 26 heavy (non-hydrogen) atoms. The van der Waals surface area contributed by atoms with Crippen LogP contribution in [-0.2, 0) is 0 Å². The van der Waals surface area contributed by atoms with E-state index in [1.165, 1.54) is 121 Å². The van der Waals surface area contributed by atoms with Crippen molar-refractivity contribution in [3.05, 3.63) is 24.3 Å². The molecule has 0 N–H and O–H groups in total. The maximum Gasteiger partial charge on any atom is -0.0205 e. The van der Waals surface area contributed by atoms with Gasteiger partial charge in [-0.2, -0.15) is 0 Å². The first-order valence-electron chi connectivity index (χ1n) is 12.1. The Balaban J connectivity index is 2.03. The highest BCUT2D eigenvalue weighted by atomic mass is 14.3. The lowest BCUT2D eigenvalue weighted by Gasteiger charge is -2.16. The van der Waals surface area contributed by atoms with Gasteiger partial charge in [0.05, 0.1) is 0 Å². The van der Waals surface area contributed by atoms with Gasteiger partial charge in [-0.05, 0) is 69.6 Å². The highest BCUT2D eigenvalue weighted by molar-refractivity contribution is 4.95. The molecule has 2 atom stereocenters. The molecule has 1 saturated carbocycles. The van der Waals surface area contributed by atoms with Gasteiger partial charge in [-0.3, -0.25) is 0 Å². The molecule has 1 fully saturated rings. The van der Waals surface area contributed by atoms with Gasteiger partial charge in [0, 0.05) is 0 Å². The quantitative estimate of drug-likeness (QED) is 0.179. The molecule has 0 aromatic carbocycles. The normalized spacial score (nSPS) is 20.2. The number of allylic oxidation sites excluding steroid dienone is 3. The van der Waals surface area contributed by atoms with E-state index in [0.29, 0.717) is 0 Å². The Labute approximate surface area is 165 Å². The van der Waals surface area contributed by atoms with Gasteiger partial charge >= 0.3 is 0 Å². The monoisotopic (exact) mass is 360 g/mol. The van der Waals surface area contributed by atoms with Crippen molar-refractivity contribution in [1.29, 1.82) is 0 Å². The zero-order valence-electron chi connectivity index (χ0n) is 18.2. The molecule has 0 radical (unpaired) electrons. The summed E-state index contributed by atoms with van der Waals surface area (Å²) < 4.78 is 0. The van der Waals surface area contributed by atoms with Crippen LogP contribution < -0.4 is 0 Å². The van der Waals surface area contributed by atoms with Crippen molar-refractivity contribution < 1.29 is 0 Å². The van der Waals surface area contributed by atoms with Crippen LogP contribution >= 0.6 is 0 Å². The lowest BCUT2D eigenvalue weighted by atomic mass is 9.89. The summed E-state index contributed by atoms with van der Waals surface area (Å²) in [4.78, 5) is 0. The van der Waals surface area contributed by atoms with Gasteiger partial charge in [-0.15, -0.1) is 0 Å². The fourth-order valence-electron chi connectivity index (χ4n) is 4.52. The van der Waals surface area contributed by atoms with Crippen LogP contribution in [0, 0.1) is 11.8 Å². The molecule has 0 heterocycles. The fourth-order valence-corrected chi connectivity index (χ4v) is 4.52. The number of unbranched alkanes of at least 4 members (excludes halogenated alkanes) is 9. The molecule has 1 aliphatic rings. The minimum absolute atomic E-state index is 0.898. The molecule has 0 bridgehead atoms. The van der Waals surface area contributed by atoms with Gasteiger partial charge < -0.3 is 0 Å². The van der Waals surface area contributed by atoms with E-state index in [1.807, 2.05) is 0 Å². The van der Waals surface area contributed by atoms with E-state index in [9.17, 15) is 0 Å². The van der Waals surface area contributed by atoms with Crippen LogP contribution in [0.4, 0.5) is 0 Å². The molecule has 0 nitrogen and oxygen atoms in total. The second-order valence-corrected chi connectivity index (χ2v) is 8.79. The van der Waals surface area contributed by atoms with Crippen molar-refractivity contribution >= 4 is 0 Å². The van der Waals surface area contributed by atoms with Crippen molar-refractivity contribution in [2.75, 3.05) is 0 Å². The van der Waals surface area contributed by atoms with E-state index < -0.39 is 0 Å². The van der Waals surface area contributed by atoms with Crippen LogP contribution in [0.3, 0.4) is 0 Å². The lowest BCUT2D eigenvalue weighted by Crippen LogP contribution is -2.05. The second kappa shape index (κ2) is 16.6. The lowest BCUT2D eigenvalue weighted by molar-refractivity contribution is 0.404. The zero-order chi connectivity index (χ0) is 18.9. The molecule has 0 aromatic heterocycles. The first-order chi connectivity index (χ1) is 12.8. The van der Waals surface area contributed by atoms with Gasteiger partial charge in [0.25, 0.3) is 0 Å². The van der Waals surface area contributed by atoms with Crippen LogP contribution in [0.5, 0.6) is 0 Å². The smallest absolute Gasteiger partial charge is 0.0205 e. The van der Waals surface area contributed by atoms with Crippen molar-refractivity contribution in [2.24, 2.45) is 11.8 Å². The molecule has 0 aromatic rings. The Hall–Kier alpha value is -0.520. The summed E-state index contributed by atoms with van der Waals surface area (Å²) in [5.74, 6) is 1.88. The average molecular weight is 361 g/mol. The number of hydrogen-bond donors (Lipinski definition) is 0. The maximum atomic E-state index is 4.29. The van der Waals surface area contributed by atoms with Crippen molar-refractivity contribution in [1.82, 2.24) is 0 Å². The summed E-state index contributed by atoms with van der Waals surface area (Å²) in [5.41, 5.74) is 1.51. The fraction of sp³-hybridized carbons (Fsp3) is 0.846. The minimum Gasteiger partial charge on any atom is -0.0999 e. The van der Waals surface area contributed by atoms with Crippen LogP contribution in [0.15, 0.2) is 24.3 Å². The maximum absolute atomic E-state index is 4.29. The van der Waals surface area contributed by atoms with Crippen LogP contribution in [0.1, 0.15) is 129 Å². The molecular formula is C26H48. The molecule has 0 amide bonds. The third-order valence-electron chi connectivity index (χ3n) is 6.31. The Kier molecular flexibility index (Phi) is 15.1. The Morgan fingerprint density at radius 1 is 0.808 bits per heavy atom. The molecule has 0 aliphatic heterocycles. The number of hydrogen-bond acceptors (Lipinski definition) is 0. The molecule has 0 unspecified atom stereocenters. The predicted octanol–water partition coefficient (Wildman–Crippen LogP) is 9.41. The van der Waals surface area contributed by atoms with E-state index in [4.69, 9.17) is 0 Å². The summed E-state index contributed by atoms with van der Waals surface area (Å²) >= 11 is 0. The SMILES string of the molecule is C=C(CCCCCC)CCCCC[C@H]1CCC[C@@H]1/C=C/CCCCCC. The highest BCUT2D eigenvalue weighted by Gasteiger charge is 2.24. The summed E-state index contributed by atoms with van der Waals surface area (Å²) in [6.07, 6.45) is 30.1. The molecule has 0 saturated heterocycles. The Bertz CT molecular complexity index is 351. The number of rotatable bonds is 17. The van der Waals surface area contributed by atoms with E-state index in [0.717, 1.165) is 11.8 Å². The standard InChI is InChI=1S/C26H48/c1-4-6-8-10-11-15-20-25-22-17-23-26(25)21-16-12-14-19-24(3)18-13-9-7-5-2/h15,20,25-26H,3-14,16-19,21-23H2,1-2H3/b20-15+/t25-,26-/m0/s1. The van der Waals surface area contributed by atoms with E-state index in [-0.39, 0.29) is 0 Å². The zero-order valence-corrected chi connectivity index (χ0v) is 18.2. The molecular weight excluding hydrogens is 312 g/mol. The molecule has 0 heteroatoms. The van der Waals surface area contributed by atoms with E-state index in [2.05, 4.69) is 32.6 Å². The molecule has 152 valence electrons. The topological polar surface area (TPSA) is 0 Å². The van der Waals surface area contributed by atoms with Gasteiger partial charge in [0.2, 0.25) is 0 Å². The summed E-state index contributed by atoms with van der Waals surface area (Å²) in [6.45, 7) is 8.87. The predicted molar refractivity (Wildman–Crippen MR) is 120 cm³/mol. The van der Waals surface area contributed by atoms with Crippen molar-refractivity contribution in [3.63, 3.8) is 0 Å². The molecule has 1 aliphatic carbocycles. The Morgan fingerprint density at radius 2 is 1.46 bits per heavy atom. The summed E-state index contributed by atoms with van der Waals surface area (Å²) in [7, 11) is 0. The molecule has 0 spiro atoms. The van der Waals surface area contributed by atoms with Crippen molar-refractivity contribution in [3.8, 4) is 0 Å². The largest absolute Gasteiger partial charge is 0.0999 e. The van der Waals surface area contributed by atoms with Gasteiger partial charge in [-0.1, -0.05) is 95.9 Å². The van der Waals surface area contributed by atoms with Crippen LogP contribution in [-0.4, -0.2) is 0 Å². The first kappa shape index (κ1) is 23.5. The third-order valence-corrected chi connectivity index (χ3v) is 6.31. The first-order valence-corrected chi connectivity index (χ1v) is 12.1. The average Bonchev–Trinajstić information content (AvgIpc) is 3.09. The van der Waals surface area contributed by atoms with Crippen LogP contribution in [0.25, 0.3) is 0 Å². The van der Waals surface area contributed by atoms with E-state index in [1.54, 1.807) is 0 Å². The Morgan fingerprint density at radius 3 is 2.15 bits per heavy atom. The summed E-state index contributed by atoms with van der Waals surface area (Å²) in [6, 6.07) is 0. The third kappa shape index (κ3) is 12.0. The van der Waals surface area contributed by atoms with Gasteiger partial charge in [0.15, 0.2) is 0 Å². The molecule has 1 rings (SSSR count). The second-order valence-electron chi connectivity index (χ2n) is 8.79. The minimum atomic E-state index is 0.898.